The van der Waals surface area contributed by atoms with Crippen LogP contribution in [0.4, 0.5) is 5.69 Å². The summed E-state index contributed by atoms with van der Waals surface area (Å²) in [4.78, 5) is 28.2. The molecule has 30 heavy (non-hydrogen) atoms. The fourth-order valence-electron chi connectivity index (χ4n) is 2.78. The van der Waals surface area contributed by atoms with Crippen LogP contribution in [0.2, 0.25) is 0 Å². The number of hydrogen-bond donors (Lipinski definition) is 1. The van der Waals surface area contributed by atoms with Gasteiger partial charge in [0.15, 0.2) is 11.4 Å². The van der Waals surface area contributed by atoms with Crippen LogP contribution in [0.15, 0.2) is 69.4 Å². The standard InChI is InChI=1S/C22H22BrN3O3S/c1-16(27)29-14-21(28)24-12-5-13-26-20(17-8-10-18(23)11-9-17)15-30-22(26)25-19-6-3-2-4-7-19/h2-4,6-11,15H,5,12-14H2,1H3,(H,24,28). The molecule has 0 saturated heterocycles. The van der Waals surface area contributed by atoms with E-state index in [4.69, 9.17) is 9.73 Å². The second-order valence-electron chi connectivity index (χ2n) is 6.49. The van der Waals surface area contributed by atoms with Gasteiger partial charge < -0.3 is 14.6 Å². The van der Waals surface area contributed by atoms with Crippen LogP contribution >= 0.6 is 27.3 Å². The fraction of sp³-hybridized carbons (Fsp3) is 0.227. The van der Waals surface area contributed by atoms with Crippen LogP contribution in [-0.2, 0) is 20.9 Å². The Kier molecular flexibility index (Phi) is 7.98. The van der Waals surface area contributed by atoms with Crippen LogP contribution in [0.5, 0.6) is 0 Å². The lowest BCUT2D eigenvalue weighted by molar-refractivity contribution is -0.146. The molecule has 2 aromatic carbocycles. The van der Waals surface area contributed by atoms with Gasteiger partial charge in [0.2, 0.25) is 0 Å². The maximum Gasteiger partial charge on any atom is 0.303 e. The van der Waals surface area contributed by atoms with Crippen molar-refractivity contribution in [2.24, 2.45) is 4.99 Å². The molecule has 0 fully saturated rings. The molecular formula is C22H22BrN3O3S. The van der Waals surface area contributed by atoms with Crippen molar-refractivity contribution >= 4 is 44.8 Å². The Balaban J connectivity index is 1.77. The predicted octanol–water partition coefficient (Wildman–Crippen LogP) is 4.28. The molecule has 0 spiro atoms. The molecule has 0 bridgehead atoms. The molecule has 6 nitrogen and oxygen atoms in total. The van der Waals surface area contributed by atoms with E-state index in [1.165, 1.54) is 6.92 Å². The van der Waals surface area contributed by atoms with Gasteiger partial charge in [-0.2, -0.15) is 0 Å². The van der Waals surface area contributed by atoms with E-state index in [1.807, 2.05) is 42.5 Å². The van der Waals surface area contributed by atoms with E-state index in [-0.39, 0.29) is 12.5 Å². The molecule has 0 aliphatic heterocycles. The van der Waals surface area contributed by atoms with Crippen molar-refractivity contribution in [1.82, 2.24) is 9.88 Å². The second-order valence-corrected chi connectivity index (χ2v) is 8.25. The predicted molar refractivity (Wildman–Crippen MR) is 121 cm³/mol. The molecule has 8 heteroatoms. The van der Waals surface area contributed by atoms with E-state index in [0.29, 0.717) is 19.5 Å². The number of amides is 1. The third-order valence-corrected chi connectivity index (χ3v) is 5.60. The fourth-order valence-corrected chi connectivity index (χ4v) is 4.00. The average Bonchev–Trinajstić information content (AvgIpc) is 3.13. The van der Waals surface area contributed by atoms with Crippen LogP contribution < -0.4 is 10.1 Å². The van der Waals surface area contributed by atoms with Gasteiger partial charge in [0.1, 0.15) is 0 Å². The molecule has 0 atom stereocenters. The molecule has 0 radical (unpaired) electrons. The van der Waals surface area contributed by atoms with E-state index >= 15 is 0 Å². The highest BCUT2D eigenvalue weighted by atomic mass is 79.9. The lowest BCUT2D eigenvalue weighted by Crippen LogP contribution is -2.30. The molecule has 3 aromatic rings. The first-order valence-corrected chi connectivity index (χ1v) is 11.1. The Labute approximate surface area is 187 Å². The van der Waals surface area contributed by atoms with Crippen molar-refractivity contribution in [2.45, 2.75) is 19.9 Å². The molecule has 1 aromatic heterocycles. The molecule has 0 aliphatic carbocycles. The zero-order valence-corrected chi connectivity index (χ0v) is 18.9. The number of halogens is 1. The summed E-state index contributed by atoms with van der Waals surface area (Å²) in [6, 6.07) is 18.0. The number of benzene rings is 2. The summed E-state index contributed by atoms with van der Waals surface area (Å²) in [5.74, 6) is -0.770. The second kappa shape index (κ2) is 10.9. The summed E-state index contributed by atoms with van der Waals surface area (Å²) >= 11 is 5.06. The number of carbonyl (C=O) groups excluding carboxylic acids is 2. The first-order chi connectivity index (χ1) is 14.5. The number of aromatic nitrogens is 1. The Morgan fingerprint density at radius 2 is 1.87 bits per heavy atom. The van der Waals surface area contributed by atoms with Gasteiger partial charge in [-0.25, -0.2) is 4.99 Å². The van der Waals surface area contributed by atoms with E-state index in [2.05, 4.69) is 43.3 Å². The van der Waals surface area contributed by atoms with Crippen molar-refractivity contribution in [1.29, 1.82) is 0 Å². The van der Waals surface area contributed by atoms with E-state index in [1.54, 1.807) is 11.3 Å². The molecule has 3 rings (SSSR count). The number of rotatable bonds is 8. The quantitative estimate of drug-likeness (QED) is 0.380. The van der Waals surface area contributed by atoms with Crippen molar-refractivity contribution < 1.29 is 14.3 Å². The van der Waals surface area contributed by atoms with Crippen LogP contribution in [0, 0.1) is 0 Å². The lowest BCUT2D eigenvalue weighted by atomic mass is 10.2. The molecular weight excluding hydrogens is 466 g/mol. The number of nitrogens with zero attached hydrogens (tertiary/aromatic N) is 2. The van der Waals surface area contributed by atoms with Gasteiger partial charge in [0, 0.05) is 29.9 Å². The number of esters is 1. The zero-order chi connectivity index (χ0) is 21.3. The third kappa shape index (κ3) is 6.40. The lowest BCUT2D eigenvalue weighted by Gasteiger charge is -2.10. The number of ether oxygens (including phenoxy) is 1. The minimum absolute atomic E-state index is 0.250. The molecule has 1 heterocycles. The van der Waals surface area contributed by atoms with Crippen LogP contribution in [0.25, 0.3) is 11.3 Å². The first-order valence-electron chi connectivity index (χ1n) is 9.47. The first kappa shape index (κ1) is 22.0. The molecule has 1 N–H and O–H groups in total. The third-order valence-electron chi connectivity index (χ3n) is 4.21. The summed E-state index contributed by atoms with van der Waals surface area (Å²) in [7, 11) is 0. The average molecular weight is 488 g/mol. The van der Waals surface area contributed by atoms with E-state index in [0.717, 1.165) is 26.2 Å². The number of nitrogens with one attached hydrogen (secondary N) is 1. The summed E-state index contributed by atoms with van der Waals surface area (Å²) in [5, 5.41) is 4.87. The van der Waals surface area contributed by atoms with Crippen LogP contribution in [-0.4, -0.2) is 29.6 Å². The monoisotopic (exact) mass is 487 g/mol. The van der Waals surface area contributed by atoms with Gasteiger partial charge in [-0.05, 0) is 36.2 Å². The number of para-hydroxylation sites is 1. The number of carbonyl (C=O) groups is 2. The minimum atomic E-state index is -0.467. The van der Waals surface area contributed by atoms with Gasteiger partial charge in [-0.1, -0.05) is 46.3 Å². The number of hydrogen-bond acceptors (Lipinski definition) is 5. The van der Waals surface area contributed by atoms with Gasteiger partial charge in [0.05, 0.1) is 11.4 Å². The van der Waals surface area contributed by atoms with E-state index < -0.39 is 5.97 Å². The highest BCUT2D eigenvalue weighted by Crippen LogP contribution is 2.23. The van der Waals surface area contributed by atoms with Gasteiger partial charge >= 0.3 is 5.97 Å². The summed E-state index contributed by atoms with van der Waals surface area (Å²) < 4.78 is 7.90. The largest absolute Gasteiger partial charge is 0.456 e. The molecule has 0 unspecified atom stereocenters. The topological polar surface area (TPSA) is 72.7 Å². The minimum Gasteiger partial charge on any atom is -0.456 e. The van der Waals surface area contributed by atoms with Gasteiger partial charge in [-0.15, -0.1) is 11.3 Å². The smallest absolute Gasteiger partial charge is 0.303 e. The highest BCUT2D eigenvalue weighted by Gasteiger charge is 2.09. The Hall–Kier alpha value is -2.71. The van der Waals surface area contributed by atoms with E-state index in [9.17, 15) is 9.59 Å². The maximum atomic E-state index is 11.7. The maximum absolute atomic E-state index is 11.7. The number of thiazole rings is 1. The Bertz CT molecular complexity index is 1060. The highest BCUT2D eigenvalue weighted by molar-refractivity contribution is 9.10. The molecule has 1 amide bonds. The summed E-state index contributed by atoms with van der Waals surface area (Å²) in [5.41, 5.74) is 3.07. The summed E-state index contributed by atoms with van der Waals surface area (Å²) in [6.45, 7) is 2.20. The molecule has 156 valence electrons. The Morgan fingerprint density at radius 1 is 1.13 bits per heavy atom. The SMILES string of the molecule is CC(=O)OCC(=O)NCCCn1c(-c2ccc(Br)cc2)csc1=Nc1ccccc1. The molecule has 0 aliphatic rings. The van der Waals surface area contributed by atoms with Crippen molar-refractivity contribution in [3.63, 3.8) is 0 Å². The zero-order valence-electron chi connectivity index (χ0n) is 16.5. The van der Waals surface area contributed by atoms with Crippen molar-refractivity contribution in [3.8, 4) is 11.3 Å². The van der Waals surface area contributed by atoms with Crippen molar-refractivity contribution in [3.05, 3.63) is 69.3 Å². The van der Waals surface area contributed by atoms with Gasteiger partial charge in [-0.3, -0.25) is 9.59 Å². The van der Waals surface area contributed by atoms with Crippen LogP contribution in [0.1, 0.15) is 13.3 Å². The van der Waals surface area contributed by atoms with Crippen LogP contribution in [0.3, 0.4) is 0 Å². The Morgan fingerprint density at radius 3 is 2.57 bits per heavy atom. The summed E-state index contributed by atoms with van der Waals surface area (Å²) in [6.07, 6.45) is 0.716. The van der Waals surface area contributed by atoms with Crippen molar-refractivity contribution in [2.75, 3.05) is 13.2 Å². The van der Waals surface area contributed by atoms with Gasteiger partial charge in [0.25, 0.3) is 5.91 Å². The molecule has 0 saturated carbocycles. The normalized spacial score (nSPS) is 11.3.